The van der Waals surface area contributed by atoms with Gasteiger partial charge in [0.15, 0.2) is 0 Å². The molecular formula is C17H12ClNO2. The molecule has 3 aromatic carbocycles. The normalized spacial score (nSPS) is 10.5. The number of nitrogens with one attached hydrogen (secondary N) is 1. The first kappa shape index (κ1) is 13.5. The lowest BCUT2D eigenvalue weighted by atomic mass is 10.0. The molecule has 0 aromatic heterocycles. The van der Waals surface area contributed by atoms with E-state index in [0.29, 0.717) is 16.3 Å². The predicted molar refractivity (Wildman–Crippen MR) is 85.0 cm³/mol. The van der Waals surface area contributed by atoms with E-state index in [0.717, 1.165) is 10.8 Å². The lowest BCUT2D eigenvalue weighted by molar-refractivity contribution is 0.102. The Balaban J connectivity index is 1.97. The van der Waals surface area contributed by atoms with Crippen molar-refractivity contribution < 1.29 is 9.90 Å². The van der Waals surface area contributed by atoms with Crippen LogP contribution in [0.25, 0.3) is 10.8 Å². The van der Waals surface area contributed by atoms with Crippen LogP contribution in [0.1, 0.15) is 10.4 Å². The Labute approximate surface area is 126 Å². The smallest absolute Gasteiger partial charge is 0.256 e. The van der Waals surface area contributed by atoms with E-state index in [4.69, 9.17) is 11.6 Å². The first-order valence-electron chi connectivity index (χ1n) is 6.43. The number of amides is 1. The Morgan fingerprint density at radius 2 is 1.76 bits per heavy atom. The first-order chi connectivity index (χ1) is 10.1. The number of carbonyl (C=O) groups is 1. The van der Waals surface area contributed by atoms with Crippen LogP contribution >= 0.6 is 11.6 Å². The van der Waals surface area contributed by atoms with Crippen molar-refractivity contribution >= 4 is 34.0 Å². The van der Waals surface area contributed by atoms with Gasteiger partial charge in [-0.3, -0.25) is 4.79 Å². The summed E-state index contributed by atoms with van der Waals surface area (Å²) in [5, 5.41) is 14.3. The van der Waals surface area contributed by atoms with E-state index in [1.807, 2.05) is 36.4 Å². The van der Waals surface area contributed by atoms with Crippen LogP contribution in [0.4, 0.5) is 5.69 Å². The molecule has 21 heavy (non-hydrogen) atoms. The van der Waals surface area contributed by atoms with E-state index in [1.54, 1.807) is 12.1 Å². The molecule has 0 aliphatic heterocycles. The highest BCUT2D eigenvalue weighted by atomic mass is 35.5. The van der Waals surface area contributed by atoms with Gasteiger partial charge in [0.05, 0.1) is 10.7 Å². The van der Waals surface area contributed by atoms with E-state index in [1.165, 1.54) is 12.1 Å². The largest absolute Gasteiger partial charge is 0.508 e. The second-order valence-corrected chi connectivity index (χ2v) is 5.05. The number of carbonyl (C=O) groups excluding carboxylic acids is 1. The second-order valence-electron chi connectivity index (χ2n) is 4.64. The number of rotatable bonds is 2. The summed E-state index contributed by atoms with van der Waals surface area (Å²) in [4.78, 5) is 12.4. The zero-order valence-electron chi connectivity index (χ0n) is 11.0. The fourth-order valence-corrected chi connectivity index (χ4v) is 2.44. The zero-order chi connectivity index (χ0) is 14.8. The van der Waals surface area contributed by atoms with Gasteiger partial charge in [-0.05, 0) is 29.0 Å². The van der Waals surface area contributed by atoms with Crippen LogP contribution in [-0.4, -0.2) is 11.0 Å². The first-order valence-corrected chi connectivity index (χ1v) is 6.80. The zero-order valence-corrected chi connectivity index (χ0v) is 11.8. The van der Waals surface area contributed by atoms with Crippen LogP contribution in [-0.2, 0) is 0 Å². The molecule has 2 N–H and O–H groups in total. The topological polar surface area (TPSA) is 49.3 Å². The summed E-state index contributed by atoms with van der Waals surface area (Å²) in [7, 11) is 0. The highest BCUT2D eigenvalue weighted by Gasteiger charge is 2.11. The lowest BCUT2D eigenvalue weighted by Gasteiger charge is -2.09. The molecular weight excluding hydrogens is 286 g/mol. The Hall–Kier alpha value is -2.52. The number of hydrogen-bond acceptors (Lipinski definition) is 2. The molecule has 0 heterocycles. The maximum atomic E-state index is 12.4. The highest BCUT2D eigenvalue weighted by molar-refractivity contribution is 6.34. The van der Waals surface area contributed by atoms with Crippen molar-refractivity contribution in [2.75, 3.05) is 5.32 Å². The number of phenolic OH excluding ortho intramolecular Hbond substituents is 1. The van der Waals surface area contributed by atoms with E-state index < -0.39 is 0 Å². The van der Waals surface area contributed by atoms with Gasteiger partial charge in [0.1, 0.15) is 5.75 Å². The Bertz CT molecular complexity index is 825. The molecule has 3 rings (SSSR count). The quantitative estimate of drug-likeness (QED) is 0.687. The average Bonchev–Trinajstić information content (AvgIpc) is 2.49. The third-order valence-corrected chi connectivity index (χ3v) is 3.55. The summed E-state index contributed by atoms with van der Waals surface area (Å²) in [5.41, 5.74) is 1.05. The van der Waals surface area contributed by atoms with Crippen molar-refractivity contribution in [3.05, 3.63) is 71.2 Å². The standard InChI is InChI=1S/C17H12ClNO2/c18-15-10-12(20)8-9-16(15)19-17(21)14-7-3-5-11-4-1-2-6-13(11)14/h1-10,20H,(H,19,21). The summed E-state index contributed by atoms with van der Waals surface area (Å²) >= 11 is 6.00. The molecule has 4 heteroatoms. The molecule has 0 atom stereocenters. The van der Waals surface area contributed by atoms with Gasteiger partial charge in [0, 0.05) is 11.6 Å². The number of fused-ring (bicyclic) bond motifs is 1. The maximum Gasteiger partial charge on any atom is 0.256 e. The molecule has 0 saturated carbocycles. The van der Waals surface area contributed by atoms with E-state index in [9.17, 15) is 9.90 Å². The van der Waals surface area contributed by atoms with Gasteiger partial charge < -0.3 is 10.4 Å². The SMILES string of the molecule is O=C(Nc1ccc(O)cc1Cl)c1cccc2ccccc12. The van der Waals surface area contributed by atoms with Crippen LogP contribution < -0.4 is 5.32 Å². The van der Waals surface area contributed by atoms with Gasteiger partial charge in [-0.25, -0.2) is 0 Å². The van der Waals surface area contributed by atoms with Crippen molar-refractivity contribution in [1.82, 2.24) is 0 Å². The molecule has 0 unspecified atom stereocenters. The van der Waals surface area contributed by atoms with Gasteiger partial charge in [-0.15, -0.1) is 0 Å². The molecule has 0 spiro atoms. The number of halogens is 1. The van der Waals surface area contributed by atoms with Crippen molar-refractivity contribution in [2.24, 2.45) is 0 Å². The number of anilines is 1. The van der Waals surface area contributed by atoms with Gasteiger partial charge in [0.2, 0.25) is 0 Å². The van der Waals surface area contributed by atoms with Gasteiger partial charge in [-0.2, -0.15) is 0 Å². The average molecular weight is 298 g/mol. The van der Waals surface area contributed by atoms with Crippen LogP contribution in [0.5, 0.6) is 5.75 Å². The second kappa shape index (κ2) is 5.46. The Morgan fingerprint density at radius 1 is 1.00 bits per heavy atom. The molecule has 0 bridgehead atoms. The number of benzene rings is 3. The molecule has 104 valence electrons. The van der Waals surface area contributed by atoms with Crippen LogP contribution in [0.3, 0.4) is 0 Å². The lowest BCUT2D eigenvalue weighted by Crippen LogP contribution is -2.12. The van der Waals surface area contributed by atoms with Gasteiger partial charge >= 0.3 is 0 Å². The third kappa shape index (κ3) is 2.69. The van der Waals surface area contributed by atoms with Gasteiger partial charge in [-0.1, -0.05) is 48.0 Å². The molecule has 3 aromatic rings. The fraction of sp³-hybridized carbons (Fsp3) is 0. The highest BCUT2D eigenvalue weighted by Crippen LogP contribution is 2.27. The Morgan fingerprint density at radius 3 is 2.57 bits per heavy atom. The van der Waals surface area contributed by atoms with E-state index in [2.05, 4.69) is 5.32 Å². The van der Waals surface area contributed by atoms with Crippen LogP contribution in [0.15, 0.2) is 60.7 Å². The van der Waals surface area contributed by atoms with Crippen molar-refractivity contribution in [1.29, 1.82) is 0 Å². The minimum absolute atomic E-state index is 0.0585. The van der Waals surface area contributed by atoms with E-state index in [-0.39, 0.29) is 11.7 Å². The molecule has 0 aliphatic rings. The fourth-order valence-electron chi connectivity index (χ4n) is 2.22. The van der Waals surface area contributed by atoms with Crippen LogP contribution in [0, 0.1) is 0 Å². The van der Waals surface area contributed by atoms with Gasteiger partial charge in [0.25, 0.3) is 5.91 Å². The van der Waals surface area contributed by atoms with Crippen molar-refractivity contribution in [3.63, 3.8) is 0 Å². The minimum Gasteiger partial charge on any atom is -0.508 e. The van der Waals surface area contributed by atoms with Crippen LogP contribution in [0.2, 0.25) is 5.02 Å². The third-order valence-electron chi connectivity index (χ3n) is 3.24. The number of aromatic hydroxyl groups is 1. The molecule has 0 radical (unpaired) electrons. The Kier molecular flexibility index (Phi) is 3.50. The molecule has 0 fully saturated rings. The predicted octanol–water partition coefficient (Wildman–Crippen LogP) is 4.45. The molecule has 1 amide bonds. The summed E-state index contributed by atoms with van der Waals surface area (Å²) in [6, 6.07) is 17.7. The monoisotopic (exact) mass is 297 g/mol. The van der Waals surface area contributed by atoms with E-state index >= 15 is 0 Å². The molecule has 0 saturated heterocycles. The molecule has 0 aliphatic carbocycles. The minimum atomic E-state index is -0.237. The van der Waals surface area contributed by atoms with Crippen molar-refractivity contribution in [3.8, 4) is 5.75 Å². The maximum absolute atomic E-state index is 12.4. The summed E-state index contributed by atoms with van der Waals surface area (Å²) in [6.45, 7) is 0. The number of hydrogen-bond donors (Lipinski definition) is 2. The summed E-state index contributed by atoms with van der Waals surface area (Å²) < 4.78 is 0. The van der Waals surface area contributed by atoms with Crippen molar-refractivity contribution in [2.45, 2.75) is 0 Å². The summed E-state index contributed by atoms with van der Waals surface area (Å²) in [6.07, 6.45) is 0. The summed E-state index contributed by atoms with van der Waals surface area (Å²) in [5.74, 6) is -0.178. The molecule has 3 nitrogen and oxygen atoms in total. The number of phenols is 1.